The standard InChI is InChI=1S/C11H19F3N4O.HI/c1-15-10(18-5-3-4-6-18)16-7-9(19)17(2)8-11(12,13)14;/h3-8H2,1-2H3,(H,15,16);1H. The summed E-state index contributed by atoms with van der Waals surface area (Å²) in [4.78, 5) is 18.2. The van der Waals surface area contributed by atoms with Crippen LogP contribution < -0.4 is 5.32 Å². The third-order valence-corrected chi connectivity index (χ3v) is 2.86. The summed E-state index contributed by atoms with van der Waals surface area (Å²) in [5, 5.41) is 2.80. The van der Waals surface area contributed by atoms with Crippen molar-refractivity contribution >= 4 is 35.8 Å². The van der Waals surface area contributed by atoms with Gasteiger partial charge in [-0.25, -0.2) is 0 Å². The molecule has 0 aromatic carbocycles. The molecule has 0 radical (unpaired) electrons. The number of aliphatic imine (C=N–C) groups is 1. The third kappa shape index (κ3) is 6.62. The van der Waals surface area contributed by atoms with Gasteiger partial charge in [-0.2, -0.15) is 13.2 Å². The Bertz CT molecular complexity index is 343. The fourth-order valence-corrected chi connectivity index (χ4v) is 1.91. The molecule has 1 fully saturated rings. The van der Waals surface area contributed by atoms with E-state index in [1.807, 2.05) is 4.90 Å². The first-order chi connectivity index (χ1) is 8.83. The molecule has 0 aromatic heterocycles. The number of carbonyl (C=O) groups is 1. The van der Waals surface area contributed by atoms with Crippen LogP contribution in [-0.4, -0.2) is 68.1 Å². The second-order valence-electron chi connectivity index (χ2n) is 4.46. The highest BCUT2D eigenvalue weighted by molar-refractivity contribution is 14.0. The molecule has 20 heavy (non-hydrogen) atoms. The van der Waals surface area contributed by atoms with E-state index in [9.17, 15) is 18.0 Å². The zero-order valence-electron chi connectivity index (χ0n) is 11.5. The Morgan fingerprint density at radius 2 is 1.90 bits per heavy atom. The average molecular weight is 408 g/mol. The number of hydrogen-bond acceptors (Lipinski definition) is 2. The van der Waals surface area contributed by atoms with Crippen LogP contribution in [0.5, 0.6) is 0 Å². The minimum atomic E-state index is -4.37. The lowest BCUT2D eigenvalue weighted by molar-refractivity contribution is -0.157. The van der Waals surface area contributed by atoms with Crippen LogP contribution in [0.15, 0.2) is 4.99 Å². The minimum Gasteiger partial charge on any atom is -0.347 e. The Morgan fingerprint density at radius 3 is 2.35 bits per heavy atom. The lowest BCUT2D eigenvalue weighted by Crippen LogP contribution is -2.46. The maximum atomic E-state index is 12.1. The molecule has 118 valence electrons. The van der Waals surface area contributed by atoms with Gasteiger partial charge in [0.25, 0.3) is 0 Å². The van der Waals surface area contributed by atoms with Crippen LogP contribution in [0.25, 0.3) is 0 Å². The number of nitrogens with zero attached hydrogens (tertiary/aromatic N) is 3. The van der Waals surface area contributed by atoms with Crippen molar-refractivity contribution in [1.29, 1.82) is 0 Å². The Labute approximate surface area is 133 Å². The molecule has 1 saturated heterocycles. The number of nitrogens with one attached hydrogen (secondary N) is 1. The summed E-state index contributed by atoms with van der Waals surface area (Å²) < 4.78 is 36.4. The van der Waals surface area contributed by atoms with E-state index >= 15 is 0 Å². The zero-order chi connectivity index (χ0) is 14.5. The van der Waals surface area contributed by atoms with E-state index in [0.29, 0.717) is 10.9 Å². The van der Waals surface area contributed by atoms with Crippen molar-refractivity contribution in [3.8, 4) is 0 Å². The highest BCUT2D eigenvalue weighted by Crippen LogP contribution is 2.15. The average Bonchev–Trinajstić information content (AvgIpc) is 2.81. The van der Waals surface area contributed by atoms with Crippen LogP contribution in [0, 0.1) is 0 Å². The topological polar surface area (TPSA) is 47.9 Å². The normalized spacial score (nSPS) is 15.8. The van der Waals surface area contributed by atoms with Crippen LogP contribution in [0.3, 0.4) is 0 Å². The van der Waals surface area contributed by atoms with E-state index in [1.165, 1.54) is 0 Å². The summed E-state index contributed by atoms with van der Waals surface area (Å²) in [6, 6.07) is 0. The monoisotopic (exact) mass is 408 g/mol. The number of carbonyl (C=O) groups excluding carboxylic acids is 1. The Kier molecular flexibility index (Phi) is 8.21. The second kappa shape index (κ2) is 8.53. The molecule has 0 unspecified atom stereocenters. The molecule has 1 amide bonds. The fourth-order valence-electron chi connectivity index (χ4n) is 1.91. The second-order valence-corrected chi connectivity index (χ2v) is 4.46. The highest BCUT2D eigenvalue weighted by Gasteiger charge is 2.31. The van der Waals surface area contributed by atoms with Gasteiger partial charge in [0, 0.05) is 27.2 Å². The van der Waals surface area contributed by atoms with Gasteiger partial charge in [0.15, 0.2) is 5.96 Å². The number of likely N-dealkylation sites (tertiary alicyclic amines) is 1. The smallest absolute Gasteiger partial charge is 0.347 e. The highest BCUT2D eigenvalue weighted by atomic mass is 127. The van der Waals surface area contributed by atoms with Gasteiger partial charge in [-0.3, -0.25) is 9.79 Å². The molecule has 9 heteroatoms. The van der Waals surface area contributed by atoms with Crippen molar-refractivity contribution < 1.29 is 18.0 Å². The van der Waals surface area contributed by atoms with E-state index in [2.05, 4.69) is 10.3 Å². The Hall–Kier alpha value is -0.740. The van der Waals surface area contributed by atoms with Gasteiger partial charge in [0.05, 0.1) is 6.54 Å². The van der Waals surface area contributed by atoms with Gasteiger partial charge in [0.2, 0.25) is 5.91 Å². The van der Waals surface area contributed by atoms with Crippen LogP contribution in [0.2, 0.25) is 0 Å². The number of likely N-dealkylation sites (N-methyl/N-ethyl adjacent to an activating group) is 1. The first-order valence-electron chi connectivity index (χ1n) is 6.10. The van der Waals surface area contributed by atoms with Gasteiger partial charge in [-0.05, 0) is 12.8 Å². The van der Waals surface area contributed by atoms with Crippen molar-refractivity contribution in [3.05, 3.63) is 0 Å². The Balaban J connectivity index is 0.00000361. The maximum absolute atomic E-state index is 12.1. The molecule has 1 aliphatic heterocycles. The summed E-state index contributed by atoms with van der Waals surface area (Å²) in [6.45, 7) is 0.282. The van der Waals surface area contributed by atoms with Gasteiger partial charge < -0.3 is 15.1 Å². The summed E-state index contributed by atoms with van der Waals surface area (Å²) >= 11 is 0. The SMILES string of the molecule is CN=C(NCC(=O)N(C)CC(F)(F)F)N1CCCC1.I. The van der Waals surface area contributed by atoms with Crippen molar-refractivity contribution in [2.45, 2.75) is 19.0 Å². The number of halogens is 4. The lowest BCUT2D eigenvalue weighted by Gasteiger charge is -2.23. The molecule has 1 aliphatic rings. The lowest BCUT2D eigenvalue weighted by atomic mass is 10.4. The van der Waals surface area contributed by atoms with Crippen LogP contribution >= 0.6 is 24.0 Å². The summed E-state index contributed by atoms with van der Waals surface area (Å²) in [5.41, 5.74) is 0. The molecule has 0 spiro atoms. The molecule has 1 N–H and O–H groups in total. The van der Waals surface area contributed by atoms with E-state index in [-0.39, 0.29) is 30.5 Å². The molecule has 1 rings (SSSR count). The zero-order valence-corrected chi connectivity index (χ0v) is 13.9. The van der Waals surface area contributed by atoms with E-state index in [4.69, 9.17) is 0 Å². The van der Waals surface area contributed by atoms with Gasteiger partial charge in [-0.15, -0.1) is 24.0 Å². The molecular formula is C11H20F3IN4O. The quantitative estimate of drug-likeness (QED) is 0.435. The molecule has 0 bridgehead atoms. The number of guanidine groups is 1. The number of alkyl halides is 3. The summed E-state index contributed by atoms with van der Waals surface area (Å²) in [5.74, 6) is -0.0519. The van der Waals surface area contributed by atoms with Crippen LogP contribution in [0.4, 0.5) is 13.2 Å². The van der Waals surface area contributed by atoms with Gasteiger partial charge in [0.1, 0.15) is 6.54 Å². The Morgan fingerprint density at radius 1 is 1.35 bits per heavy atom. The molecule has 1 heterocycles. The van der Waals surface area contributed by atoms with Crippen molar-refractivity contribution in [2.24, 2.45) is 4.99 Å². The summed E-state index contributed by atoms with van der Waals surface area (Å²) in [6.07, 6.45) is -2.26. The molecule has 0 saturated carbocycles. The molecular weight excluding hydrogens is 388 g/mol. The largest absolute Gasteiger partial charge is 0.406 e. The van der Waals surface area contributed by atoms with Crippen LogP contribution in [0.1, 0.15) is 12.8 Å². The van der Waals surface area contributed by atoms with E-state index < -0.39 is 18.6 Å². The first kappa shape index (κ1) is 19.3. The van der Waals surface area contributed by atoms with Crippen molar-refractivity contribution in [1.82, 2.24) is 15.1 Å². The van der Waals surface area contributed by atoms with Gasteiger partial charge in [-0.1, -0.05) is 0 Å². The van der Waals surface area contributed by atoms with Gasteiger partial charge >= 0.3 is 6.18 Å². The first-order valence-corrected chi connectivity index (χ1v) is 6.10. The molecule has 0 aromatic rings. The fraction of sp³-hybridized carbons (Fsp3) is 0.818. The number of amides is 1. The predicted octanol–water partition coefficient (Wildman–Crippen LogP) is 1.30. The van der Waals surface area contributed by atoms with E-state index in [1.54, 1.807) is 7.05 Å². The number of hydrogen-bond donors (Lipinski definition) is 1. The molecule has 0 aliphatic carbocycles. The molecule has 0 atom stereocenters. The summed E-state index contributed by atoms with van der Waals surface area (Å²) in [7, 11) is 2.72. The number of rotatable bonds is 3. The van der Waals surface area contributed by atoms with Crippen molar-refractivity contribution in [3.63, 3.8) is 0 Å². The van der Waals surface area contributed by atoms with E-state index in [0.717, 1.165) is 33.0 Å². The molecule has 5 nitrogen and oxygen atoms in total. The minimum absolute atomic E-state index is 0. The van der Waals surface area contributed by atoms with Crippen LogP contribution in [-0.2, 0) is 4.79 Å². The predicted molar refractivity (Wildman–Crippen MR) is 81.3 cm³/mol. The van der Waals surface area contributed by atoms with Crippen molar-refractivity contribution in [2.75, 3.05) is 40.3 Å². The maximum Gasteiger partial charge on any atom is 0.406 e. The third-order valence-electron chi connectivity index (χ3n) is 2.86.